The van der Waals surface area contributed by atoms with E-state index in [1.807, 2.05) is 12.1 Å². The van der Waals surface area contributed by atoms with E-state index in [1.54, 1.807) is 0 Å². The van der Waals surface area contributed by atoms with Crippen molar-refractivity contribution in [1.82, 2.24) is 5.32 Å². The van der Waals surface area contributed by atoms with Gasteiger partial charge in [-0.2, -0.15) is 0 Å². The Labute approximate surface area is 95.8 Å². The molecule has 4 N–H and O–H groups in total. The maximum Gasteiger partial charge on any atom is 0.122 e. The zero-order valence-electron chi connectivity index (χ0n) is 9.65. The van der Waals surface area contributed by atoms with E-state index in [0.717, 1.165) is 17.4 Å². The van der Waals surface area contributed by atoms with Crippen LogP contribution in [0.1, 0.15) is 36.8 Å². The van der Waals surface area contributed by atoms with Gasteiger partial charge in [0.15, 0.2) is 0 Å². The molecule has 4 heteroatoms. The van der Waals surface area contributed by atoms with Crippen LogP contribution in [0.2, 0.25) is 0 Å². The van der Waals surface area contributed by atoms with Gasteiger partial charge in [-0.15, -0.1) is 0 Å². The predicted molar refractivity (Wildman–Crippen MR) is 62.1 cm³/mol. The Morgan fingerprint density at radius 2 is 2.38 bits per heavy atom. The Morgan fingerprint density at radius 1 is 1.62 bits per heavy atom. The quantitative estimate of drug-likeness (QED) is 0.673. The lowest BCUT2D eigenvalue weighted by atomic mass is 10.2. The average molecular weight is 224 g/mol. The fraction of sp³-hybridized carbons (Fsp3) is 0.667. The Hall–Kier alpha value is -0.840. The Kier molecular flexibility index (Phi) is 3.63. The third-order valence-electron chi connectivity index (χ3n) is 3.20. The summed E-state index contributed by atoms with van der Waals surface area (Å²) in [4.78, 5) is 0. The molecule has 1 saturated carbocycles. The van der Waals surface area contributed by atoms with E-state index in [2.05, 4.69) is 12.2 Å². The second kappa shape index (κ2) is 4.99. The summed E-state index contributed by atoms with van der Waals surface area (Å²) in [6, 6.07) is 4.05. The molecule has 90 valence electrons. The molecule has 0 bridgehead atoms. The minimum absolute atomic E-state index is 0.00922. The Morgan fingerprint density at radius 3 is 2.94 bits per heavy atom. The number of nitrogens with one attached hydrogen (secondary N) is 1. The number of aliphatic hydroxyl groups excluding tert-OH is 1. The molecule has 1 aromatic rings. The van der Waals surface area contributed by atoms with Crippen molar-refractivity contribution in [3.05, 3.63) is 23.7 Å². The third-order valence-corrected chi connectivity index (χ3v) is 3.20. The summed E-state index contributed by atoms with van der Waals surface area (Å²) < 4.78 is 5.80. The van der Waals surface area contributed by atoms with Crippen LogP contribution in [0.3, 0.4) is 0 Å². The second-order valence-corrected chi connectivity index (χ2v) is 4.53. The van der Waals surface area contributed by atoms with Crippen molar-refractivity contribution in [3.63, 3.8) is 0 Å². The molecule has 0 spiro atoms. The van der Waals surface area contributed by atoms with Gasteiger partial charge in [-0.25, -0.2) is 0 Å². The molecule has 0 aromatic carbocycles. The van der Waals surface area contributed by atoms with E-state index in [-0.39, 0.29) is 12.6 Å². The Balaban J connectivity index is 1.98. The zero-order chi connectivity index (χ0) is 11.5. The molecular weight excluding hydrogens is 204 g/mol. The van der Waals surface area contributed by atoms with Crippen molar-refractivity contribution in [2.75, 3.05) is 19.7 Å². The summed E-state index contributed by atoms with van der Waals surface area (Å²) in [5.74, 6) is 3.31. The van der Waals surface area contributed by atoms with E-state index in [4.69, 9.17) is 15.3 Å². The molecule has 1 aliphatic carbocycles. The van der Waals surface area contributed by atoms with Crippen molar-refractivity contribution in [2.45, 2.75) is 25.3 Å². The Bertz CT molecular complexity index is 338. The molecule has 0 saturated heterocycles. The molecule has 1 aromatic heterocycles. The standard InChI is InChI=1S/C12H20N2O2/c1-8-6-9(8)11-2-3-12(16-11)10(7-13)14-4-5-15/h2-3,8-10,14-15H,4-7,13H2,1H3. The van der Waals surface area contributed by atoms with Crippen LogP contribution in [0.5, 0.6) is 0 Å². The first-order chi connectivity index (χ1) is 7.76. The molecule has 3 atom stereocenters. The molecule has 1 fully saturated rings. The highest BCUT2D eigenvalue weighted by atomic mass is 16.3. The van der Waals surface area contributed by atoms with E-state index >= 15 is 0 Å². The molecule has 4 nitrogen and oxygen atoms in total. The highest BCUT2D eigenvalue weighted by molar-refractivity contribution is 5.19. The number of rotatable bonds is 6. The van der Waals surface area contributed by atoms with Crippen molar-refractivity contribution >= 4 is 0 Å². The van der Waals surface area contributed by atoms with Gasteiger partial charge in [0, 0.05) is 19.0 Å². The highest BCUT2D eigenvalue weighted by Gasteiger charge is 2.36. The van der Waals surface area contributed by atoms with Crippen LogP contribution in [-0.2, 0) is 0 Å². The smallest absolute Gasteiger partial charge is 0.122 e. The monoisotopic (exact) mass is 224 g/mol. The van der Waals surface area contributed by atoms with Gasteiger partial charge in [0.25, 0.3) is 0 Å². The van der Waals surface area contributed by atoms with Crippen molar-refractivity contribution in [2.24, 2.45) is 11.7 Å². The van der Waals surface area contributed by atoms with E-state index in [1.165, 1.54) is 6.42 Å². The molecule has 1 aliphatic rings. The maximum absolute atomic E-state index is 8.76. The summed E-state index contributed by atoms with van der Waals surface area (Å²) in [5.41, 5.74) is 5.67. The molecule has 0 aliphatic heterocycles. The van der Waals surface area contributed by atoms with Crippen LogP contribution < -0.4 is 11.1 Å². The van der Waals surface area contributed by atoms with Crippen molar-refractivity contribution in [1.29, 1.82) is 0 Å². The molecule has 1 heterocycles. The van der Waals surface area contributed by atoms with Gasteiger partial charge < -0.3 is 20.6 Å². The predicted octanol–water partition coefficient (Wildman–Crippen LogP) is 0.985. The van der Waals surface area contributed by atoms with Gasteiger partial charge in [-0.05, 0) is 24.5 Å². The minimum Gasteiger partial charge on any atom is -0.464 e. The van der Waals surface area contributed by atoms with Crippen molar-refractivity contribution in [3.8, 4) is 0 Å². The van der Waals surface area contributed by atoms with Gasteiger partial charge >= 0.3 is 0 Å². The zero-order valence-corrected chi connectivity index (χ0v) is 9.65. The molecule has 0 amide bonds. The summed E-state index contributed by atoms with van der Waals surface area (Å²) in [5, 5.41) is 11.9. The van der Waals surface area contributed by atoms with Crippen LogP contribution in [0, 0.1) is 5.92 Å². The first-order valence-corrected chi connectivity index (χ1v) is 5.90. The highest BCUT2D eigenvalue weighted by Crippen LogP contribution is 2.47. The lowest BCUT2D eigenvalue weighted by Gasteiger charge is -2.13. The second-order valence-electron chi connectivity index (χ2n) is 4.53. The number of furan rings is 1. The molecular formula is C12H20N2O2. The molecule has 0 radical (unpaired) electrons. The van der Waals surface area contributed by atoms with Crippen LogP contribution in [0.4, 0.5) is 0 Å². The van der Waals surface area contributed by atoms with Crippen LogP contribution in [-0.4, -0.2) is 24.8 Å². The summed E-state index contributed by atoms with van der Waals surface area (Å²) >= 11 is 0. The van der Waals surface area contributed by atoms with Crippen molar-refractivity contribution < 1.29 is 9.52 Å². The minimum atomic E-state index is 0.00922. The molecule has 2 rings (SSSR count). The van der Waals surface area contributed by atoms with Crippen LogP contribution in [0.25, 0.3) is 0 Å². The third kappa shape index (κ3) is 2.45. The first kappa shape index (κ1) is 11.6. The number of aliphatic hydroxyl groups is 1. The fourth-order valence-electron chi connectivity index (χ4n) is 2.01. The van der Waals surface area contributed by atoms with Gasteiger partial charge in [0.2, 0.25) is 0 Å². The van der Waals surface area contributed by atoms with Crippen LogP contribution >= 0.6 is 0 Å². The first-order valence-electron chi connectivity index (χ1n) is 5.90. The van der Waals surface area contributed by atoms with E-state index in [0.29, 0.717) is 19.0 Å². The van der Waals surface area contributed by atoms with Gasteiger partial charge in [-0.3, -0.25) is 0 Å². The summed E-state index contributed by atoms with van der Waals surface area (Å²) in [6.45, 7) is 3.37. The summed E-state index contributed by atoms with van der Waals surface area (Å²) in [6.07, 6.45) is 1.23. The number of hydrogen-bond donors (Lipinski definition) is 3. The SMILES string of the molecule is CC1CC1c1ccc(C(CN)NCCO)o1. The van der Waals surface area contributed by atoms with E-state index < -0.39 is 0 Å². The lowest BCUT2D eigenvalue weighted by Crippen LogP contribution is -2.30. The normalized spacial score (nSPS) is 25.7. The van der Waals surface area contributed by atoms with Gasteiger partial charge in [-0.1, -0.05) is 6.92 Å². The summed E-state index contributed by atoms with van der Waals surface area (Å²) in [7, 11) is 0. The average Bonchev–Trinajstić information content (AvgIpc) is 2.82. The lowest BCUT2D eigenvalue weighted by molar-refractivity contribution is 0.278. The number of nitrogens with two attached hydrogens (primary N) is 1. The van der Waals surface area contributed by atoms with Gasteiger partial charge in [0.05, 0.1) is 12.6 Å². The van der Waals surface area contributed by atoms with Crippen LogP contribution in [0.15, 0.2) is 16.5 Å². The molecule has 3 unspecified atom stereocenters. The van der Waals surface area contributed by atoms with E-state index in [9.17, 15) is 0 Å². The van der Waals surface area contributed by atoms with Gasteiger partial charge in [0.1, 0.15) is 11.5 Å². The maximum atomic E-state index is 8.76. The topological polar surface area (TPSA) is 71.4 Å². The largest absolute Gasteiger partial charge is 0.464 e. The molecule has 16 heavy (non-hydrogen) atoms. The fourth-order valence-corrected chi connectivity index (χ4v) is 2.01. The number of hydrogen-bond acceptors (Lipinski definition) is 4.